The van der Waals surface area contributed by atoms with Crippen LogP contribution in [0.4, 0.5) is 5.69 Å². The molecule has 1 fully saturated rings. The van der Waals surface area contributed by atoms with Gasteiger partial charge >= 0.3 is 0 Å². The van der Waals surface area contributed by atoms with E-state index in [1.807, 2.05) is 45.0 Å². The Bertz CT molecular complexity index is 664. The molecule has 2 rings (SSSR count). The number of benzene rings is 1. The van der Waals surface area contributed by atoms with Gasteiger partial charge in [0.15, 0.2) is 0 Å². The molecule has 0 aromatic heterocycles. The van der Waals surface area contributed by atoms with Crippen molar-refractivity contribution in [2.24, 2.45) is 11.8 Å². The topological polar surface area (TPSA) is 102 Å². The lowest BCUT2D eigenvalue weighted by atomic mass is 9.89. The van der Waals surface area contributed by atoms with E-state index in [4.69, 9.17) is 9.94 Å². The quantitative estimate of drug-likeness (QED) is 0.476. The molecule has 0 spiro atoms. The Morgan fingerprint density at radius 3 is 2.39 bits per heavy atom. The fraction of sp³-hybridized carbons (Fsp3) is 0.600. The number of aliphatic hydroxyl groups excluding tert-OH is 1. The molecule has 156 valence electrons. The largest absolute Gasteiger partial charge is 0.497 e. The van der Waals surface area contributed by atoms with Gasteiger partial charge in [-0.3, -0.25) is 14.8 Å². The first kappa shape index (κ1) is 22.0. The summed E-state index contributed by atoms with van der Waals surface area (Å²) in [5.74, 6) is -1.19. The molecular formula is C20H31N3O5. The monoisotopic (exact) mass is 393 g/mol. The van der Waals surface area contributed by atoms with Crippen LogP contribution in [0.2, 0.25) is 0 Å². The molecular weight excluding hydrogens is 362 g/mol. The Kier molecular flexibility index (Phi) is 7.65. The number of amides is 2. The van der Waals surface area contributed by atoms with Crippen LogP contribution < -0.4 is 15.1 Å². The van der Waals surface area contributed by atoms with Crippen LogP contribution in [0.5, 0.6) is 5.75 Å². The van der Waals surface area contributed by atoms with E-state index in [1.165, 1.54) is 5.48 Å². The summed E-state index contributed by atoms with van der Waals surface area (Å²) < 4.78 is 5.19. The summed E-state index contributed by atoms with van der Waals surface area (Å²) in [6.07, 6.45) is -1.22. The Hall–Kier alpha value is -2.32. The van der Waals surface area contributed by atoms with Crippen LogP contribution in [0.15, 0.2) is 24.3 Å². The number of anilines is 1. The molecule has 1 saturated heterocycles. The van der Waals surface area contributed by atoms with Crippen molar-refractivity contribution in [3.8, 4) is 5.75 Å². The molecule has 2 amide bonds. The van der Waals surface area contributed by atoms with Crippen molar-refractivity contribution in [3.05, 3.63) is 24.3 Å². The summed E-state index contributed by atoms with van der Waals surface area (Å²) in [6, 6.07) is 7.70. The molecule has 0 unspecified atom stereocenters. The van der Waals surface area contributed by atoms with Crippen LogP contribution in [-0.2, 0) is 9.59 Å². The number of carbonyl (C=O) groups excluding carboxylic acids is 2. The van der Waals surface area contributed by atoms with Crippen LogP contribution in [0.3, 0.4) is 0 Å². The van der Waals surface area contributed by atoms with E-state index in [0.717, 1.165) is 11.4 Å². The maximum absolute atomic E-state index is 13.1. The van der Waals surface area contributed by atoms with Crippen LogP contribution in [-0.4, -0.2) is 65.9 Å². The minimum absolute atomic E-state index is 0.0811. The zero-order chi connectivity index (χ0) is 20.8. The predicted molar refractivity (Wildman–Crippen MR) is 105 cm³/mol. The third kappa shape index (κ3) is 5.14. The van der Waals surface area contributed by atoms with Crippen molar-refractivity contribution in [3.63, 3.8) is 0 Å². The molecule has 1 heterocycles. The molecule has 0 radical (unpaired) electrons. The second-order valence-electron chi connectivity index (χ2n) is 7.68. The van der Waals surface area contributed by atoms with Gasteiger partial charge in [0, 0.05) is 31.4 Å². The minimum Gasteiger partial charge on any atom is -0.497 e. The van der Waals surface area contributed by atoms with Crippen LogP contribution >= 0.6 is 0 Å². The lowest BCUT2D eigenvalue weighted by Crippen LogP contribution is -2.57. The van der Waals surface area contributed by atoms with E-state index in [0.29, 0.717) is 26.1 Å². The van der Waals surface area contributed by atoms with E-state index >= 15 is 0 Å². The van der Waals surface area contributed by atoms with Gasteiger partial charge in [-0.2, -0.15) is 0 Å². The average Bonchev–Trinajstić information content (AvgIpc) is 2.70. The first-order chi connectivity index (χ1) is 13.3. The molecule has 0 saturated carbocycles. The highest BCUT2D eigenvalue weighted by Gasteiger charge is 2.38. The Morgan fingerprint density at radius 1 is 1.25 bits per heavy atom. The number of hydrogen-bond acceptors (Lipinski definition) is 6. The molecule has 3 N–H and O–H groups in total. The van der Waals surface area contributed by atoms with E-state index in [9.17, 15) is 14.7 Å². The number of rotatable bonds is 7. The second kappa shape index (κ2) is 9.75. The predicted octanol–water partition coefficient (Wildman–Crippen LogP) is 1.26. The zero-order valence-electron chi connectivity index (χ0n) is 17.0. The van der Waals surface area contributed by atoms with Crippen molar-refractivity contribution in [1.82, 2.24) is 10.4 Å². The Balaban J connectivity index is 2.09. The molecule has 1 aromatic rings. The minimum atomic E-state index is -1.58. The van der Waals surface area contributed by atoms with E-state index < -0.39 is 17.9 Å². The maximum atomic E-state index is 13.1. The van der Waals surface area contributed by atoms with Crippen LogP contribution in [0.25, 0.3) is 0 Å². The van der Waals surface area contributed by atoms with E-state index in [-0.39, 0.29) is 17.9 Å². The van der Waals surface area contributed by atoms with Gasteiger partial charge in [0.25, 0.3) is 5.91 Å². The molecule has 8 nitrogen and oxygen atoms in total. The number of nitrogens with zero attached hydrogens (tertiary/aromatic N) is 2. The average molecular weight is 393 g/mol. The summed E-state index contributed by atoms with van der Waals surface area (Å²) in [7, 11) is 1.63. The normalized spacial score (nSPS) is 19.3. The van der Waals surface area contributed by atoms with Gasteiger partial charge < -0.3 is 19.6 Å². The van der Waals surface area contributed by atoms with Gasteiger partial charge in [0.2, 0.25) is 5.91 Å². The summed E-state index contributed by atoms with van der Waals surface area (Å²) in [6.45, 7) is 7.60. The van der Waals surface area contributed by atoms with Crippen molar-refractivity contribution in [2.75, 3.05) is 31.6 Å². The molecule has 1 aliphatic rings. The van der Waals surface area contributed by atoms with Gasteiger partial charge in [-0.1, -0.05) is 13.8 Å². The number of piperazine rings is 1. The SMILES string of the molecule is COc1ccc(N2CCN(C(=O)[C@@H](CC(C)C)[C@H](O)C(=O)NO)[C@H](C)C2)cc1. The smallest absolute Gasteiger partial charge is 0.272 e. The number of methoxy groups -OCH3 is 1. The van der Waals surface area contributed by atoms with Gasteiger partial charge in [-0.05, 0) is 43.5 Å². The Morgan fingerprint density at radius 2 is 1.89 bits per heavy atom. The fourth-order valence-corrected chi connectivity index (χ4v) is 3.65. The molecule has 0 aliphatic carbocycles. The highest BCUT2D eigenvalue weighted by molar-refractivity contribution is 5.89. The van der Waals surface area contributed by atoms with E-state index in [1.54, 1.807) is 12.0 Å². The molecule has 0 bridgehead atoms. The zero-order valence-corrected chi connectivity index (χ0v) is 17.0. The number of aliphatic hydroxyl groups is 1. The number of hydrogen-bond donors (Lipinski definition) is 3. The number of nitrogens with one attached hydrogen (secondary N) is 1. The van der Waals surface area contributed by atoms with E-state index in [2.05, 4.69) is 4.90 Å². The number of carbonyl (C=O) groups is 2. The molecule has 8 heteroatoms. The maximum Gasteiger partial charge on any atom is 0.272 e. The molecule has 3 atom stereocenters. The highest BCUT2D eigenvalue weighted by Crippen LogP contribution is 2.25. The summed E-state index contributed by atoms with van der Waals surface area (Å²) >= 11 is 0. The molecule has 1 aromatic carbocycles. The highest BCUT2D eigenvalue weighted by atomic mass is 16.5. The third-order valence-corrected chi connectivity index (χ3v) is 5.15. The number of hydroxylamine groups is 1. The first-order valence-electron chi connectivity index (χ1n) is 9.60. The second-order valence-corrected chi connectivity index (χ2v) is 7.68. The summed E-state index contributed by atoms with van der Waals surface area (Å²) in [5, 5.41) is 19.1. The molecule has 1 aliphatic heterocycles. The number of ether oxygens (including phenoxy) is 1. The van der Waals surface area contributed by atoms with Gasteiger partial charge in [-0.15, -0.1) is 0 Å². The fourth-order valence-electron chi connectivity index (χ4n) is 3.65. The van der Waals surface area contributed by atoms with Crippen LogP contribution in [0, 0.1) is 11.8 Å². The molecule has 28 heavy (non-hydrogen) atoms. The summed E-state index contributed by atoms with van der Waals surface area (Å²) in [4.78, 5) is 28.7. The van der Waals surface area contributed by atoms with Crippen molar-refractivity contribution in [1.29, 1.82) is 0 Å². The van der Waals surface area contributed by atoms with Gasteiger partial charge in [-0.25, -0.2) is 5.48 Å². The van der Waals surface area contributed by atoms with Crippen molar-refractivity contribution < 1.29 is 24.6 Å². The first-order valence-corrected chi connectivity index (χ1v) is 9.60. The van der Waals surface area contributed by atoms with Crippen molar-refractivity contribution in [2.45, 2.75) is 39.3 Å². The van der Waals surface area contributed by atoms with Crippen molar-refractivity contribution >= 4 is 17.5 Å². The third-order valence-electron chi connectivity index (χ3n) is 5.15. The summed E-state index contributed by atoms with van der Waals surface area (Å²) in [5.41, 5.74) is 2.50. The Labute approximate surface area is 166 Å². The van der Waals surface area contributed by atoms with Crippen LogP contribution in [0.1, 0.15) is 27.2 Å². The standard InChI is InChI=1S/C20H31N3O5/c1-13(2)11-17(18(24)19(25)21-27)20(26)23-10-9-22(12-14(23)3)15-5-7-16(28-4)8-6-15/h5-8,13-14,17-18,24,27H,9-12H2,1-4H3,(H,21,25)/t14-,17+,18+/m1/s1. The lowest BCUT2D eigenvalue weighted by Gasteiger charge is -2.42. The van der Waals surface area contributed by atoms with Gasteiger partial charge in [0.1, 0.15) is 11.9 Å². The lowest BCUT2D eigenvalue weighted by molar-refractivity contribution is -0.152. The van der Waals surface area contributed by atoms with Gasteiger partial charge in [0.05, 0.1) is 13.0 Å².